The van der Waals surface area contributed by atoms with Crippen LogP contribution in [-0.2, 0) is 12.7 Å². The van der Waals surface area contributed by atoms with Crippen LogP contribution in [0.3, 0.4) is 0 Å². The van der Waals surface area contributed by atoms with E-state index >= 15 is 0 Å². The molecule has 0 fully saturated rings. The first kappa shape index (κ1) is 14.8. The normalized spacial score (nSPS) is 11.4. The Labute approximate surface area is 117 Å². The molecule has 0 saturated carbocycles. The van der Waals surface area contributed by atoms with E-state index in [4.69, 9.17) is 5.11 Å². The second kappa shape index (κ2) is 5.43. The Bertz CT molecular complexity index is 735. The summed E-state index contributed by atoms with van der Waals surface area (Å²) in [6, 6.07) is 7.05. The third kappa shape index (κ3) is 3.31. The fraction of sp³-hybridized carbons (Fsp3) is 0.143. The zero-order valence-electron chi connectivity index (χ0n) is 10.6. The molecule has 0 aliphatic heterocycles. The maximum atomic E-state index is 12.6. The molecule has 1 aromatic carbocycles. The van der Waals surface area contributed by atoms with Crippen LogP contribution in [0.2, 0.25) is 0 Å². The lowest BCUT2D eigenvalue weighted by Crippen LogP contribution is -2.26. The number of carbonyl (C=O) groups is 1. The van der Waals surface area contributed by atoms with E-state index in [-0.39, 0.29) is 12.1 Å². The molecular weight excluding hydrogens is 287 g/mol. The van der Waals surface area contributed by atoms with Crippen molar-refractivity contribution in [3.8, 4) is 0 Å². The zero-order valence-corrected chi connectivity index (χ0v) is 10.6. The minimum absolute atomic E-state index is 0.135. The van der Waals surface area contributed by atoms with Gasteiger partial charge in [-0.1, -0.05) is 12.1 Å². The number of aromatic carboxylic acids is 1. The first-order chi connectivity index (χ1) is 9.79. The third-order valence-corrected chi connectivity index (χ3v) is 2.86. The molecule has 1 N–H and O–H groups in total. The number of aromatic nitrogens is 1. The van der Waals surface area contributed by atoms with E-state index in [1.165, 1.54) is 24.4 Å². The highest BCUT2D eigenvalue weighted by molar-refractivity contribution is 5.86. The minimum Gasteiger partial charge on any atom is -0.477 e. The summed E-state index contributed by atoms with van der Waals surface area (Å²) in [5.74, 6) is -1.38. The van der Waals surface area contributed by atoms with Crippen molar-refractivity contribution in [3.05, 3.63) is 69.6 Å². The number of halogens is 3. The van der Waals surface area contributed by atoms with Gasteiger partial charge in [0.05, 0.1) is 12.1 Å². The summed E-state index contributed by atoms with van der Waals surface area (Å²) >= 11 is 0. The summed E-state index contributed by atoms with van der Waals surface area (Å²) in [5, 5.41) is 8.84. The van der Waals surface area contributed by atoms with Crippen LogP contribution in [0.5, 0.6) is 0 Å². The standard InChI is InChI=1S/C14H10F3NO3/c15-14(16,17)10-4-1-3-9(7-10)8-18-6-2-5-11(12(18)19)13(20)21/h1-7H,8H2,(H,20,21). The summed E-state index contributed by atoms with van der Waals surface area (Å²) < 4.78 is 38.9. The van der Waals surface area contributed by atoms with Crippen LogP contribution in [0.15, 0.2) is 47.4 Å². The predicted octanol–water partition coefficient (Wildman–Crippen LogP) is 2.61. The van der Waals surface area contributed by atoms with Crippen LogP contribution in [0.25, 0.3) is 0 Å². The Balaban J connectivity index is 2.38. The van der Waals surface area contributed by atoms with Crippen molar-refractivity contribution in [2.75, 3.05) is 0 Å². The number of alkyl halides is 3. The van der Waals surface area contributed by atoms with Gasteiger partial charge in [0, 0.05) is 6.20 Å². The van der Waals surface area contributed by atoms with Gasteiger partial charge in [-0.05, 0) is 29.8 Å². The minimum atomic E-state index is -4.47. The zero-order chi connectivity index (χ0) is 15.6. The Morgan fingerprint density at radius 3 is 2.52 bits per heavy atom. The summed E-state index contributed by atoms with van der Waals surface area (Å²) in [6.45, 7) is -0.135. The van der Waals surface area contributed by atoms with E-state index in [0.29, 0.717) is 0 Å². The second-order valence-corrected chi connectivity index (χ2v) is 4.36. The van der Waals surface area contributed by atoms with Crippen LogP contribution in [0, 0.1) is 0 Å². The lowest BCUT2D eigenvalue weighted by Gasteiger charge is -2.10. The molecule has 0 spiro atoms. The van der Waals surface area contributed by atoms with Gasteiger partial charge in [-0.15, -0.1) is 0 Å². The topological polar surface area (TPSA) is 59.3 Å². The van der Waals surface area contributed by atoms with E-state index < -0.39 is 28.8 Å². The number of pyridine rings is 1. The molecule has 0 unspecified atom stereocenters. The maximum Gasteiger partial charge on any atom is 0.416 e. The molecule has 0 saturated heterocycles. The van der Waals surface area contributed by atoms with Gasteiger partial charge in [0.2, 0.25) is 0 Å². The van der Waals surface area contributed by atoms with E-state index in [1.807, 2.05) is 0 Å². The van der Waals surface area contributed by atoms with Crippen LogP contribution in [0.4, 0.5) is 13.2 Å². The number of rotatable bonds is 3. The van der Waals surface area contributed by atoms with Crippen LogP contribution < -0.4 is 5.56 Å². The molecule has 1 aromatic heterocycles. The highest BCUT2D eigenvalue weighted by atomic mass is 19.4. The van der Waals surface area contributed by atoms with Gasteiger partial charge in [0.15, 0.2) is 0 Å². The van der Waals surface area contributed by atoms with Gasteiger partial charge in [-0.2, -0.15) is 13.2 Å². The lowest BCUT2D eigenvalue weighted by molar-refractivity contribution is -0.137. The van der Waals surface area contributed by atoms with Crippen molar-refractivity contribution in [3.63, 3.8) is 0 Å². The second-order valence-electron chi connectivity index (χ2n) is 4.36. The van der Waals surface area contributed by atoms with Crippen molar-refractivity contribution in [2.24, 2.45) is 0 Å². The number of carboxylic acids is 1. The fourth-order valence-electron chi connectivity index (χ4n) is 1.87. The number of hydrogen-bond acceptors (Lipinski definition) is 2. The van der Waals surface area contributed by atoms with E-state index in [0.717, 1.165) is 22.8 Å². The molecule has 0 bridgehead atoms. The van der Waals surface area contributed by atoms with E-state index in [1.54, 1.807) is 0 Å². The van der Waals surface area contributed by atoms with Crippen LogP contribution in [-0.4, -0.2) is 15.6 Å². The molecule has 110 valence electrons. The SMILES string of the molecule is O=C(O)c1cccn(Cc2cccc(C(F)(F)F)c2)c1=O. The molecule has 0 aliphatic carbocycles. The molecule has 0 aliphatic rings. The van der Waals surface area contributed by atoms with E-state index in [2.05, 4.69) is 0 Å². The molecule has 21 heavy (non-hydrogen) atoms. The average Bonchev–Trinajstić information content (AvgIpc) is 2.40. The summed E-state index contributed by atoms with van der Waals surface area (Å²) in [5.41, 5.74) is -1.75. The quantitative estimate of drug-likeness (QED) is 0.947. The Kier molecular flexibility index (Phi) is 3.84. The Morgan fingerprint density at radius 1 is 1.19 bits per heavy atom. The van der Waals surface area contributed by atoms with Crippen LogP contribution >= 0.6 is 0 Å². The first-order valence-electron chi connectivity index (χ1n) is 5.88. The molecule has 0 amide bonds. The van der Waals surface area contributed by atoms with Crippen molar-refractivity contribution < 1.29 is 23.1 Å². The highest BCUT2D eigenvalue weighted by Crippen LogP contribution is 2.29. The molecular formula is C14H10F3NO3. The molecule has 7 heteroatoms. The average molecular weight is 297 g/mol. The molecule has 2 rings (SSSR count). The van der Waals surface area contributed by atoms with Gasteiger partial charge < -0.3 is 9.67 Å². The van der Waals surface area contributed by atoms with Gasteiger partial charge in [-0.25, -0.2) is 4.79 Å². The number of nitrogens with zero attached hydrogens (tertiary/aromatic N) is 1. The fourth-order valence-corrected chi connectivity index (χ4v) is 1.87. The Hall–Kier alpha value is -2.57. The number of hydrogen-bond donors (Lipinski definition) is 1. The van der Waals surface area contributed by atoms with Crippen LogP contribution in [0.1, 0.15) is 21.5 Å². The monoisotopic (exact) mass is 297 g/mol. The van der Waals surface area contributed by atoms with Crippen molar-refractivity contribution in [1.29, 1.82) is 0 Å². The van der Waals surface area contributed by atoms with Crippen molar-refractivity contribution >= 4 is 5.97 Å². The first-order valence-corrected chi connectivity index (χ1v) is 5.88. The van der Waals surface area contributed by atoms with Gasteiger partial charge >= 0.3 is 12.1 Å². The summed E-state index contributed by atoms with van der Waals surface area (Å²) in [6.07, 6.45) is -3.14. The van der Waals surface area contributed by atoms with Crippen molar-refractivity contribution in [1.82, 2.24) is 4.57 Å². The van der Waals surface area contributed by atoms with Gasteiger partial charge in [-0.3, -0.25) is 4.79 Å². The highest BCUT2D eigenvalue weighted by Gasteiger charge is 2.30. The smallest absolute Gasteiger partial charge is 0.416 e. The molecule has 4 nitrogen and oxygen atoms in total. The van der Waals surface area contributed by atoms with Crippen molar-refractivity contribution in [2.45, 2.75) is 12.7 Å². The molecule has 2 aromatic rings. The molecule has 0 radical (unpaired) electrons. The van der Waals surface area contributed by atoms with Gasteiger partial charge in [0.25, 0.3) is 5.56 Å². The molecule has 0 atom stereocenters. The number of benzene rings is 1. The Morgan fingerprint density at radius 2 is 1.90 bits per heavy atom. The maximum absolute atomic E-state index is 12.6. The third-order valence-electron chi connectivity index (χ3n) is 2.86. The molecule has 1 heterocycles. The summed E-state index contributed by atoms with van der Waals surface area (Å²) in [4.78, 5) is 22.7. The number of carboxylic acid groups (broad SMARTS) is 1. The van der Waals surface area contributed by atoms with E-state index in [9.17, 15) is 22.8 Å². The largest absolute Gasteiger partial charge is 0.477 e. The van der Waals surface area contributed by atoms with Gasteiger partial charge in [0.1, 0.15) is 5.56 Å². The lowest BCUT2D eigenvalue weighted by atomic mass is 10.1. The predicted molar refractivity (Wildman–Crippen MR) is 68.2 cm³/mol. The summed E-state index contributed by atoms with van der Waals surface area (Å²) in [7, 11) is 0.